The summed E-state index contributed by atoms with van der Waals surface area (Å²) in [5, 5.41) is 2.46. The molecule has 1 unspecified atom stereocenters. The van der Waals surface area contributed by atoms with E-state index in [1.807, 2.05) is 0 Å². The van der Waals surface area contributed by atoms with Crippen molar-refractivity contribution in [1.29, 1.82) is 0 Å². The number of carbonyl (C=O) groups is 2. The molecule has 6 heteroatoms. The predicted molar refractivity (Wildman–Crippen MR) is 73.9 cm³/mol. The van der Waals surface area contributed by atoms with E-state index in [1.54, 1.807) is 40.6 Å². The molecule has 1 atom stereocenters. The molecule has 0 aromatic carbocycles. The smallest absolute Gasteiger partial charge is 0.408 e. The Morgan fingerprint density at radius 3 is 2.35 bits per heavy atom. The number of carbonyl (C=O) groups excluding carboxylic acids is 3. The van der Waals surface area contributed by atoms with Crippen molar-refractivity contribution in [2.75, 3.05) is 6.61 Å². The van der Waals surface area contributed by atoms with Crippen LogP contribution in [0.15, 0.2) is 5.57 Å². The molecule has 0 rings (SSSR count). The van der Waals surface area contributed by atoms with Crippen molar-refractivity contribution < 1.29 is 23.9 Å². The Balaban J connectivity index is 4.64. The molecule has 1 amide bonds. The van der Waals surface area contributed by atoms with Gasteiger partial charge in [-0.15, -0.1) is 0 Å². The molecule has 0 heterocycles. The largest absolute Gasteiger partial charge is 0.464 e. The predicted octanol–water partition coefficient (Wildman–Crippen LogP) is 2.00. The minimum Gasteiger partial charge on any atom is -0.464 e. The zero-order chi connectivity index (χ0) is 15.8. The van der Waals surface area contributed by atoms with Crippen molar-refractivity contribution in [2.24, 2.45) is 0 Å². The second kappa shape index (κ2) is 8.38. The van der Waals surface area contributed by atoms with Gasteiger partial charge in [0.25, 0.3) is 0 Å². The monoisotopic (exact) mass is 285 g/mol. The van der Waals surface area contributed by atoms with Gasteiger partial charge in [0.2, 0.25) is 0 Å². The minimum absolute atomic E-state index is 0.216. The lowest BCUT2D eigenvalue weighted by Crippen LogP contribution is -2.44. The number of esters is 1. The van der Waals surface area contributed by atoms with E-state index in [1.165, 1.54) is 0 Å². The maximum atomic E-state index is 11.7. The van der Waals surface area contributed by atoms with Crippen molar-refractivity contribution in [3.63, 3.8) is 0 Å². The highest BCUT2D eigenvalue weighted by molar-refractivity contribution is 5.81. The third-order valence-electron chi connectivity index (χ3n) is 2.24. The van der Waals surface area contributed by atoms with Crippen molar-refractivity contribution in [3.8, 4) is 0 Å². The number of rotatable bonds is 6. The molecule has 0 radical (unpaired) electrons. The molecule has 0 aromatic heterocycles. The minimum atomic E-state index is -0.840. The maximum Gasteiger partial charge on any atom is 0.408 e. The highest BCUT2D eigenvalue weighted by Gasteiger charge is 2.25. The van der Waals surface area contributed by atoms with Crippen LogP contribution in [0.25, 0.3) is 0 Å². The number of amides is 1. The first-order valence-electron chi connectivity index (χ1n) is 6.56. The maximum absolute atomic E-state index is 11.7. The van der Waals surface area contributed by atoms with Gasteiger partial charge in [-0.05, 0) is 47.5 Å². The summed E-state index contributed by atoms with van der Waals surface area (Å²) in [6.07, 6.45) is -0.0784. The summed E-state index contributed by atoms with van der Waals surface area (Å²) in [7, 11) is 0. The van der Waals surface area contributed by atoms with E-state index >= 15 is 0 Å². The van der Waals surface area contributed by atoms with Crippen LogP contribution >= 0.6 is 0 Å². The lowest BCUT2D eigenvalue weighted by atomic mass is 10.1. The SMILES string of the molecule is CCOC(=O)C(CCC(C)=C=O)NC(=O)OC(C)(C)C. The Labute approximate surface area is 119 Å². The zero-order valence-electron chi connectivity index (χ0n) is 12.7. The summed E-state index contributed by atoms with van der Waals surface area (Å²) in [5.41, 5.74) is -0.174. The first-order valence-corrected chi connectivity index (χ1v) is 6.56. The van der Waals surface area contributed by atoms with Crippen LogP contribution in [0.3, 0.4) is 0 Å². The molecule has 0 saturated heterocycles. The average molecular weight is 285 g/mol. The number of ether oxygens (including phenoxy) is 2. The second-order valence-corrected chi connectivity index (χ2v) is 5.37. The standard InChI is InChI=1S/C14H23NO5/c1-6-19-12(17)11(8-7-10(2)9-16)15-13(18)20-14(3,4)5/h11H,6-8H2,1-5H3,(H,15,18). The van der Waals surface area contributed by atoms with Crippen LogP contribution < -0.4 is 5.32 Å². The van der Waals surface area contributed by atoms with Crippen LogP contribution in [-0.2, 0) is 19.1 Å². The summed E-state index contributed by atoms with van der Waals surface area (Å²) >= 11 is 0. The van der Waals surface area contributed by atoms with Gasteiger partial charge < -0.3 is 14.8 Å². The Hall–Kier alpha value is -1.81. The number of nitrogens with one attached hydrogen (secondary N) is 1. The van der Waals surface area contributed by atoms with Gasteiger partial charge in [-0.2, -0.15) is 0 Å². The van der Waals surface area contributed by atoms with E-state index in [9.17, 15) is 14.4 Å². The third-order valence-corrected chi connectivity index (χ3v) is 2.24. The first kappa shape index (κ1) is 18.2. The highest BCUT2D eigenvalue weighted by atomic mass is 16.6. The van der Waals surface area contributed by atoms with E-state index in [2.05, 4.69) is 5.32 Å². The molecule has 114 valence electrons. The topological polar surface area (TPSA) is 81.7 Å². The molecule has 0 saturated carbocycles. The normalized spacial score (nSPS) is 12.1. The molecule has 0 aromatic rings. The van der Waals surface area contributed by atoms with E-state index < -0.39 is 23.7 Å². The Bertz CT molecular complexity index is 391. The summed E-state index contributed by atoms with van der Waals surface area (Å²) in [5.74, 6) is 1.21. The third kappa shape index (κ3) is 8.32. The van der Waals surface area contributed by atoms with Gasteiger partial charge in [0.15, 0.2) is 0 Å². The van der Waals surface area contributed by atoms with Crippen molar-refractivity contribution in [1.82, 2.24) is 5.32 Å². The number of hydrogen-bond donors (Lipinski definition) is 1. The molecule has 6 nitrogen and oxygen atoms in total. The zero-order valence-corrected chi connectivity index (χ0v) is 12.7. The molecule has 0 spiro atoms. The fraction of sp³-hybridized carbons (Fsp3) is 0.714. The summed E-state index contributed by atoms with van der Waals surface area (Å²) < 4.78 is 9.97. The molecule has 0 aliphatic heterocycles. The van der Waals surface area contributed by atoms with Crippen molar-refractivity contribution >= 4 is 18.0 Å². The summed E-state index contributed by atoms with van der Waals surface area (Å²) in [6, 6.07) is -0.840. The highest BCUT2D eigenvalue weighted by Crippen LogP contribution is 2.10. The van der Waals surface area contributed by atoms with Gasteiger partial charge in [0.05, 0.1) is 6.61 Å². The Kier molecular flexibility index (Phi) is 7.62. The van der Waals surface area contributed by atoms with Crippen LogP contribution in [0.4, 0.5) is 4.79 Å². The van der Waals surface area contributed by atoms with Gasteiger partial charge in [-0.1, -0.05) is 0 Å². The first-order chi connectivity index (χ1) is 9.19. The van der Waals surface area contributed by atoms with Gasteiger partial charge in [0, 0.05) is 5.57 Å². The number of hydrogen-bond acceptors (Lipinski definition) is 5. The lowest BCUT2D eigenvalue weighted by molar-refractivity contribution is -0.145. The van der Waals surface area contributed by atoms with Crippen LogP contribution in [0.1, 0.15) is 47.5 Å². The van der Waals surface area contributed by atoms with E-state index in [4.69, 9.17) is 9.47 Å². The van der Waals surface area contributed by atoms with Gasteiger partial charge in [0.1, 0.15) is 17.6 Å². The fourth-order valence-electron chi connectivity index (χ4n) is 1.35. The van der Waals surface area contributed by atoms with Gasteiger partial charge in [-0.3, -0.25) is 0 Å². The molecule has 20 heavy (non-hydrogen) atoms. The van der Waals surface area contributed by atoms with Gasteiger partial charge >= 0.3 is 12.1 Å². The fourth-order valence-corrected chi connectivity index (χ4v) is 1.35. The molecule has 0 aliphatic rings. The quantitative estimate of drug-likeness (QED) is 0.596. The van der Waals surface area contributed by atoms with Crippen LogP contribution in [0.2, 0.25) is 0 Å². The van der Waals surface area contributed by atoms with E-state index in [-0.39, 0.29) is 13.0 Å². The lowest BCUT2D eigenvalue weighted by Gasteiger charge is -2.22. The molecule has 0 fully saturated rings. The Morgan fingerprint density at radius 2 is 1.90 bits per heavy atom. The molecular weight excluding hydrogens is 262 g/mol. The summed E-state index contributed by atoms with van der Waals surface area (Å²) in [4.78, 5) is 33.8. The number of alkyl carbamates (subject to hydrolysis) is 1. The molecule has 0 bridgehead atoms. The number of allylic oxidation sites excluding steroid dienone is 1. The van der Waals surface area contributed by atoms with Crippen molar-refractivity contribution in [3.05, 3.63) is 5.57 Å². The van der Waals surface area contributed by atoms with Crippen LogP contribution in [-0.4, -0.2) is 36.3 Å². The van der Waals surface area contributed by atoms with Gasteiger partial charge in [-0.25, -0.2) is 14.4 Å². The second-order valence-electron chi connectivity index (χ2n) is 5.37. The Morgan fingerprint density at radius 1 is 1.30 bits per heavy atom. The summed E-state index contributed by atoms with van der Waals surface area (Å²) in [6.45, 7) is 8.69. The van der Waals surface area contributed by atoms with E-state index in [0.29, 0.717) is 12.0 Å². The van der Waals surface area contributed by atoms with E-state index in [0.717, 1.165) is 0 Å². The average Bonchev–Trinajstić information content (AvgIpc) is 2.31. The van der Waals surface area contributed by atoms with Crippen molar-refractivity contribution in [2.45, 2.75) is 59.1 Å². The molecule has 0 aliphatic carbocycles. The molecule has 1 N–H and O–H groups in total. The molecular formula is C14H23NO5. The van der Waals surface area contributed by atoms with Crippen LogP contribution in [0.5, 0.6) is 0 Å². The van der Waals surface area contributed by atoms with Crippen LogP contribution in [0, 0.1) is 0 Å².